The molecule has 0 radical (unpaired) electrons. The molecule has 0 atom stereocenters. The van der Waals surface area contributed by atoms with Gasteiger partial charge < -0.3 is 4.90 Å². The van der Waals surface area contributed by atoms with Crippen LogP contribution < -0.4 is 10.4 Å². The average Bonchev–Trinajstić information content (AvgIpc) is 2.07. The zero-order valence-electron chi connectivity index (χ0n) is 9.17. The summed E-state index contributed by atoms with van der Waals surface area (Å²) < 4.78 is 0. The lowest BCUT2D eigenvalue weighted by atomic mass is 10.1. The minimum Gasteiger partial charge on any atom is -0.383 e. The minimum atomic E-state index is 1.05. The van der Waals surface area contributed by atoms with Crippen LogP contribution in [0.1, 0.15) is 12.5 Å². The van der Waals surface area contributed by atoms with Gasteiger partial charge in [-0.15, -0.1) is 0 Å². The fourth-order valence-corrected chi connectivity index (χ4v) is 1.26. The molecule has 1 aromatic carbocycles. The highest BCUT2D eigenvalue weighted by molar-refractivity contribution is 5.61. The van der Waals surface area contributed by atoms with E-state index in [0.29, 0.717) is 0 Å². The first-order valence-corrected chi connectivity index (χ1v) is 4.64. The van der Waals surface area contributed by atoms with E-state index < -0.39 is 0 Å². The summed E-state index contributed by atoms with van der Waals surface area (Å²) in [6.07, 6.45) is 2.06. The van der Waals surface area contributed by atoms with Gasteiger partial charge in [0.1, 0.15) is 0 Å². The Morgan fingerprint density at radius 1 is 1.36 bits per heavy atom. The van der Waals surface area contributed by atoms with Crippen LogP contribution in [0.15, 0.2) is 24.8 Å². The Bertz CT molecular complexity index is 441. The molecule has 0 unspecified atom stereocenters. The molecule has 0 fully saturated rings. The van der Waals surface area contributed by atoms with Gasteiger partial charge in [-0.2, -0.15) is 0 Å². The van der Waals surface area contributed by atoms with Crippen molar-refractivity contribution in [1.29, 1.82) is 0 Å². The predicted molar refractivity (Wildman–Crippen MR) is 64.1 cm³/mol. The first kappa shape index (κ1) is 10.6. The smallest absolute Gasteiger partial charge is 0.00647 e. The topological polar surface area (TPSA) is 3.24 Å². The molecule has 0 aliphatic heterocycles. The van der Waals surface area contributed by atoms with Crippen molar-refractivity contribution >= 4 is 18.4 Å². The van der Waals surface area contributed by atoms with Gasteiger partial charge in [0.2, 0.25) is 0 Å². The normalized spacial score (nSPS) is 11.5. The van der Waals surface area contributed by atoms with Crippen LogP contribution >= 0.6 is 0 Å². The lowest BCUT2D eigenvalue weighted by Gasteiger charge is -2.05. The van der Waals surface area contributed by atoms with Gasteiger partial charge in [0.05, 0.1) is 0 Å². The van der Waals surface area contributed by atoms with E-state index in [4.69, 9.17) is 0 Å². The molecule has 14 heavy (non-hydrogen) atoms. The van der Waals surface area contributed by atoms with Crippen molar-refractivity contribution in [3.05, 3.63) is 40.8 Å². The van der Waals surface area contributed by atoms with Crippen molar-refractivity contribution in [3.8, 4) is 0 Å². The van der Waals surface area contributed by atoms with Crippen molar-refractivity contribution in [2.75, 3.05) is 14.1 Å². The number of nitrogens with zero attached hydrogens (tertiary/aromatic N) is 1. The summed E-state index contributed by atoms with van der Waals surface area (Å²) >= 11 is 0. The molecule has 0 aliphatic carbocycles. The van der Waals surface area contributed by atoms with Gasteiger partial charge >= 0.3 is 0 Å². The van der Waals surface area contributed by atoms with Crippen LogP contribution in [0.2, 0.25) is 0 Å². The Labute approximate surface area is 85.7 Å². The summed E-state index contributed by atoms with van der Waals surface area (Å²) in [6, 6.07) is 6.20. The van der Waals surface area contributed by atoms with Gasteiger partial charge in [-0.1, -0.05) is 30.9 Å². The van der Waals surface area contributed by atoms with Crippen molar-refractivity contribution in [2.24, 2.45) is 0 Å². The third kappa shape index (κ3) is 2.49. The van der Waals surface area contributed by atoms with Crippen LogP contribution in [0.3, 0.4) is 0 Å². The van der Waals surface area contributed by atoms with Crippen molar-refractivity contribution in [2.45, 2.75) is 6.92 Å². The fraction of sp³-hybridized carbons (Fsp3) is 0.231. The van der Waals surface area contributed by atoms with E-state index in [1.165, 1.54) is 5.56 Å². The zero-order valence-corrected chi connectivity index (χ0v) is 9.17. The Morgan fingerprint density at radius 3 is 2.50 bits per heavy atom. The average molecular weight is 187 g/mol. The molecular formula is C13H17N. The molecule has 0 heterocycles. The Morgan fingerprint density at radius 2 is 2.00 bits per heavy atom. The van der Waals surface area contributed by atoms with Gasteiger partial charge in [0.25, 0.3) is 0 Å². The molecular weight excluding hydrogens is 170 g/mol. The lowest BCUT2D eigenvalue weighted by Crippen LogP contribution is -2.26. The SMILES string of the molecule is C=C(C)c1ccc(=C)/c(=C\N(C)C)c1. The molecule has 0 N–H and O–H groups in total. The van der Waals surface area contributed by atoms with Crippen LogP contribution in [0.25, 0.3) is 18.4 Å². The van der Waals surface area contributed by atoms with Gasteiger partial charge in [-0.3, -0.25) is 0 Å². The van der Waals surface area contributed by atoms with E-state index in [2.05, 4.69) is 31.5 Å². The highest BCUT2D eigenvalue weighted by Crippen LogP contribution is 2.05. The largest absolute Gasteiger partial charge is 0.383 e. The quantitative estimate of drug-likeness (QED) is 0.677. The van der Waals surface area contributed by atoms with E-state index in [-0.39, 0.29) is 0 Å². The second-order valence-electron chi connectivity index (χ2n) is 3.79. The third-order valence-electron chi connectivity index (χ3n) is 2.04. The molecule has 0 bridgehead atoms. The van der Waals surface area contributed by atoms with E-state index in [9.17, 15) is 0 Å². The number of hydrogen-bond donors (Lipinski definition) is 0. The molecule has 1 aromatic rings. The minimum absolute atomic E-state index is 1.05. The molecule has 0 spiro atoms. The lowest BCUT2D eigenvalue weighted by molar-refractivity contribution is 0.614. The molecule has 74 valence electrons. The first-order chi connectivity index (χ1) is 6.50. The summed E-state index contributed by atoms with van der Waals surface area (Å²) in [5, 5.41) is 2.19. The zero-order chi connectivity index (χ0) is 10.7. The molecule has 0 aromatic heterocycles. The monoisotopic (exact) mass is 187 g/mol. The second-order valence-corrected chi connectivity index (χ2v) is 3.79. The van der Waals surface area contributed by atoms with Crippen LogP contribution in [0, 0.1) is 0 Å². The second kappa shape index (κ2) is 4.14. The van der Waals surface area contributed by atoms with E-state index >= 15 is 0 Å². The number of benzene rings is 1. The van der Waals surface area contributed by atoms with Gasteiger partial charge in [-0.25, -0.2) is 0 Å². The first-order valence-electron chi connectivity index (χ1n) is 4.64. The molecule has 1 heteroatoms. The van der Waals surface area contributed by atoms with Crippen LogP contribution in [-0.4, -0.2) is 19.0 Å². The number of hydrogen-bond acceptors (Lipinski definition) is 1. The molecule has 0 saturated carbocycles. The van der Waals surface area contributed by atoms with Crippen molar-refractivity contribution in [1.82, 2.24) is 4.90 Å². The summed E-state index contributed by atoms with van der Waals surface area (Å²) in [5.41, 5.74) is 2.25. The predicted octanol–water partition coefficient (Wildman–Crippen LogP) is 1.43. The fourth-order valence-electron chi connectivity index (χ4n) is 1.26. The number of allylic oxidation sites excluding steroid dienone is 1. The van der Waals surface area contributed by atoms with Crippen molar-refractivity contribution in [3.63, 3.8) is 0 Å². The molecule has 0 saturated heterocycles. The van der Waals surface area contributed by atoms with E-state index in [1.54, 1.807) is 0 Å². The summed E-state index contributed by atoms with van der Waals surface area (Å²) in [4.78, 5) is 2.02. The Hall–Kier alpha value is -1.50. The summed E-state index contributed by atoms with van der Waals surface area (Å²) in [7, 11) is 4.01. The Kier molecular flexibility index (Phi) is 3.13. The highest BCUT2D eigenvalue weighted by Gasteiger charge is 1.92. The maximum atomic E-state index is 3.99. The van der Waals surface area contributed by atoms with Crippen molar-refractivity contribution < 1.29 is 0 Å². The maximum Gasteiger partial charge on any atom is 0.00647 e. The Balaban J connectivity index is 3.36. The van der Waals surface area contributed by atoms with E-state index in [1.807, 2.05) is 32.0 Å². The molecule has 1 rings (SSSR count). The van der Waals surface area contributed by atoms with Crippen LogP contribution in [-0.2, 0) is 0 Å². The standard InChI is InChI=1S/C13H17N/c1-10(2)12-7-6-11(3)13(8-12)9-14(4)5/h6-9H,1,3H2,2,4-5H3/b13-9-. The molecule has 0 aliphatic rings. The molecule has 0 amide bonds. The van der Waals surface area contributed by atoms with Gasteiger partial charge in [0, 0.05) is 20.3 Å². The third-order valence-corrected chi connectivity index (χ3v) is 2.04. The number of rotatable bonds is 2. The highest BCUT2D eigenvalue weighted by atomic mass is 15.0. The van der Waals surface area contributed by atoms with Crippen LogP contribution in [0.4, 0.5) is 0 Å². The summed E-state index contributed by atoms with van der Waals surface area (Å²) in [5.74, 6) is 0. The van der Waals surface area contributed by atoms with Crippen LogP contribution in [0.5, 0.6) is 0 Å². The van der Waals surface area contributed by atoms with E-state index in [0.717, 1.165) is 16.0 Å². The molecule has 1 nitrogen and oxygen atoms in total. The maximum absolute atomic E-state index is 3.99. The van der Waals surface area contributed by atoms with Gasteiger partial charge in [0.15, 0.2) is 0 Å². The summed E-state index contributed by atoms with van der Waals surface area (Å²) in [6.45, 7) is 9.93. The van der Waals surface area contributed by atoms with Gasteiger partial charge in [-0.05, 0) is 29.0 Å².